The predicted octanol–water partition coefficient (Wildman–Crippen LogP) is 6.54. The highest BCUT2D eigenvalue weighted by Crippen LogP contribution is 2.38. The van der Waals surface area contributed by atoms with Crippen LogP contribution in [0.5, 0.6) is 0 Å². The summed E-state index contributed by atoms with van der Waals surface area (Å²) in [6, 6.07) is 21.2. The van der Waals surface area contributed by atoms with Gasteiger partial charge in [0.25, 0.3) is 0 Å². The number of ether oxygens (including phenoxy) is 2. The van der Waals surface area contributed by atoms with Crippen LogP contribution in [0.15, 0.2) is 78.9 Å². The highest BCUT2D eigenvalue weighted by Gasteiger charge is 2.45. The lowest BCUT2D eigenvalue weighted by atomic mass is 9.92. The number of esters is 1. The van der Waals surface area contributed by atoms with Crippen molar-refractivity contribution in [3.63, 3.8) is 0 Å². The minimum atomic E-state index is -1.08. The van der Waals surface area contributed by atoms with E-state index in [0.717, 1.165) is 22.3 Å². The maximum Gasteiger partial charge on any atom is 0.408 e. The van der Waals surface area contributed by atoms with Gasteiger partial charge in [0, 0.05) is 18.9 Å². The lowest BCUT2D eigenvalue weighted by Gasteiger charge is -2.36. The molecule has 1 aliphatic carbocycles. The van der Waals surface area contributed by atoms with Gasteiger partial charge in [-0.05, 0) is 96.0 Å². The minimum Gasteiger partial charge on any atom is -0.458 e. The Labute approximate surface area is 290 Å². The molecule has 3 aromatic rings. The second kappa shape index (κ2) is 15.7. The number of nitrogens with one attached hydrogen (secondary N) is 2. The van der Waals surface area contributed by atoms with Crippen LogP contribution in [0.4, 0.5) is 4.79 Å². The summed E-state index contributed by atoms with van der Waals surface area (Å²) in [6.45, 7) is 14.4. The van der Waals surface area contributed by atoms with Crippen LogP contribution in [-0.4, -0.2) is 58.1 Å². The van der Waals surface area contributed by atoms with E-state index in [4.69, 9.17) is 9.47 Å². The zero-order chi connectivity index (χ0) is 35.9. The Kier molecular flexibility index (Phi) is 11.9. The van der Waals surface area contributed by atoms with Gasteiger partial charge >= 0.3 is 12.1 Å². The monoisotopic (exact) mass is 669 g/mol. The van der Waals surface area contributed by atoms with Crippen molar-refractivity contribution in [2.45, 2.75) is 116 Å². The molecule has 9 nitrogen and oxygen atoms in total. The van der Waals surface area contributed by atoms with Gasteiger partial charge in [-0.3, -0.25) is 9.59 Å². The third-order valence-electron chi connectivity index (χ3n) is 8.10. The van der Waals surface area contributed by atoms with Gasteiger partial charge in [-0.1, -0.05) is 78.9 Å². The predicted molar refractivity (Wildman–Crippen MR) is 190 cm³/mol. The van der Waals surface area contributed by atoms with Crippen LogP contribution in [0.25, 0.3) is 0 Å². The molecule has 1 aliphatic rings. The van der Waals surface area contributed by atoms with Crippen LogP contribution in [0.1, 0.15) is 88.2 Å². The van der Waals surface area contributed by atoms with E-state index in [0.29, 0.717) is 18.4 Å². The average Bonchev–Trinajstić information content (AvgIpc) is 3.84. The number of hydrogen-bond acceptors (Lipinski definition) is 6. The number of alkyl carbamates (subject to hydrolysis) is 1. The van der Waals surface area contributed by atoms with Gasteiger partial charge in [-0.2, -0.15) is 0 Å². The van der Waals surface area contributed by atoms with Crippen LogP contribution in [0, 0.1) is 13.8 Å². The van der Waals surface area contributed by atoms with Crippen LogP contribution >= 0.6 is 0 Å². The Morgan fingerprint density at radius 3 is 1.65 bits per heavy atom. The summed E-state index contributed by atoms with van der Waals surface area (Å²) in [5.41, 5.74) is 2.47. The Bertz CT molecular complexity index is 1590. The molecule has 4 rings (SSSR count). The number of amides is 3. The standard InChI is InChI=1S/C40H51N3O6/c1-26-16-15-17-27(2)33(26)34(35(44)41-32(37(46)48-39(3,4)5)25-29-20-13-10-14-21-29)43(30-22-23-30)36(45)31(24-28-18-11-9-12-19-28)42-38(47)49-40(6,7)8/h9-21,30-32,34H,22-25H2,1-8H3,(H,41,44)(H,42,47). The molecule has 0 saturated heterocycles. The van der Waals surface area contributed by atoms with Crippen molar-refractivity contribution in [1.82, 2.24) is 15.5 Å². The van der Waals surface area contributed by atoms with Gasteiger partial charge in [0.1, 0.15) is 29.3 Å². The molecule has 0 aliphatic heterocycles. The number of nitrogens with zero attached hydrogens (tertiary/aromatic N) is 1. The van der Waals surface area contributed by atoms with Gasteiger partial charge in [-0.15, -0.1) is 0 Å². The molecule has 49 heavy (non-hydrogen) atoms. The molecule has 0 radical (unpaired) electrons. The highest BCUT2D eigenvalue weighted by molar-refractivity contribution is 5.95. The summed E-state index contributed by atoms with van der Waals surface area (Å²) >= 11 is 0. The van der Waals surface area contributed by atoms with E-state index in [2.05, 4.69) is 10.6 Å². The molecule has 9 heteroatoms. The fourth-order valence-electron chi connectivity index (χ4n) is 5.87. The Balaban J connectivity index is 1.77. The second-order valence-corrected chi connectivity index (χ2v) is 14.9. The van der Waals surface area contributed by atoms with E-state index >= 15 is 0 Å². The molecule has 1 fully saturated rings. The first-order chi connectivity index (χ1) is 23.0. The largest absolute Gasteiger partial charge is 0.458 e. The molecule has 3 atom stereocenters. The summed E-state index contributed by atoms with van der Waals surface area (Å²) < 4.78 is 11.3. The first-order valence-electron chi connectivity index (χ1n) is 17.0. The fraction of sp³-hybridized carbons (Fsp3) is 0.450. The molecule has 3 aromatic carbocycles. The molecule has 262 valence electrons. The molecule has 0 heterocycles. The topological polar surface area (TPSA) is 114 Å². The van der Waals surface area contributed by atoms with Crippen molar-refractivity contribution in [2.24, 2.45) is 0 Å². The van der Waals surface area contributed by atoms with Crippen molar-refractivity contribution in [3.05, 3.63) is 107 Å². The van der Waals surface area contributed by atoms with Crippen LogP contribution < -0.4 is 10.6 Å². The van der Waals surface area contributed by atoms with E-state index in [9.17, 15) is 19.2 Å². The summed E-state index contributed by atoms with van der Waals surface area (Å²) in [4.78, 5) is 58.0. The molecular formula is C40H51N3O6. The zero-order valence-electron chi connectivity index (χ0n) is 30.0. The number of benzene rings is 3. The Hall–Kier alpha value is -4.66. The maximum absolute atomic E-state index is 14.9. The van der Waals surface area contributed by atoms with Crippen molar-refractivity contribution >= 4 is 23.9 Å². The quantitative estimate of drug-likeness (QED) is 0.212. The summed E-state index contributed by atoms with van der Waals surface area (Å²) in [5.74, 6) is -1.47. The third kappa shape index (κ3) is 10.9. The fourth-order valence-corrected chi connectivity index (χ4v) is 5.87. The normalized spacial score (nSPS) is 14.9. The Morgan fingerprint density at radius 1 is 0.694 bits per heavy atom. The van der Waals surface area contributed by atoms with Crippen molar-refractivity contribution in [1.29, 1.82) is 0 Å². The lowest BCUT2D eigenvalue weighted by Crippen LogP contribution is -2.56. The van der Waals surface area contributed by atoms with E-state index in [-0.39, 0.29) is 18.9 Å². The van der Waals surface area contributed by atoms with Crippen LogP contribution in [-0.2, 0) is 36.7 Å². The molecular weight excluding hydrogens is 618 g/mol. The molecule has 3 unspecified atom stereocenters. The average molecular weight is 670 g/mol. The van der Waals surface area contributed by atoms with E-state index in [1.165, 1.54) is 0 Å². The van der Waals surface area contributed by atoms with Gasteiger partial charge < -0.3 is 25.0 Å². The number of carbonyl (C=O) groups is 4. The van der Waals surface area contributed by atoms with Gasteiger partial charge in [-0.25, -0.2) is 9.59 Å². The van der Waals surface area contributed by atoms with Gasteiger partial charge in [0.15, 0.2) is 0 Å². The number of rotatable bonds is 12. The molecule has 0 aromatic heterocycles. The lowest BCUT2D eigenvalue weighted by molar-refractivity contribution is -0.159. The number of hydrogen-bond donors (Lipinski definition) is 2. The van der Waals surface area contributed by atoms with Gasteiger partial charge in [0.05, 0.1) is 0 Å². The Morgan fingerprint density at radius 2 is 1.18 bits per heavy atom. The summed E-state index contributed by atoms with van der Waals surface area (Å²) in [7, 11) is 0. The number of carbonyl (C=O) groups excluding carboxylic acids is 4. The maximum atomic E-state index is 14.9. The van der Waals surface area contributed by atoms with Crippen molar-refractivity contribution in [2.75, 3.05) is 0 Å². The van der Waals surface area contributed by atoms with Crippen molar-refractivity contribution in [3.8, 4) is 0 Å². The van der Waals surface area contributed by atoms with Gasteiger partial charge in [0.2, 0.25) is 11.8 Å². The van der Waals surface area contributed by atoms with Crippen LogP contribution in [0.2, 0.25) is 0 Å². The highest BCUT2D eigenvalue weighted by atomic mass is 16.6. The first kappa shape index (κ1) is 37.2. The molecule has 2 N–H and O–H groups in total. The SMILES string of the molecule is Cc1cccc(C)c1C(C(=O)NC(Cc1ccccc1)C(=O)OC(C)(C)C)N(C(=O)C(Cc1ccccc1)NC(=O)OC(C)(C)C)C1CC1. The van der Waals surface area contributed by atoms with Crippen molar-refractivity contribution < 1.29 is 28.7 Å². The third-order valence-corrected chi connectivity index (χ3v) is 8.10. The van der Waals surface area contributed by atoms with Crippen LogP contribution in [0.3, 0.4) is 0 Å². The van der Waals surface area contributed by atoms with E-state index in [1.54, 1.807) is 46.4 Å². The summed E-state index contributed by atoms with van der Waals surface area (Å²) in [6.07, 6.45) is 1.07. The zero-order valence-corrected chi connectivity index (χ0v) is 30.0. The minimum absolute atomic E-state index is 0.192. The summed E-state index contributed by atoms with van der Waals surface area (Å²) in [5, 5.41) is 5.82. The molecule has 0 bridgehead atoms. The number of aryl methyl sites for hydroxylation is 2. The van der Waals surface area contributed by atoms with E-state index in [1.807, 2.05) is 92.7 Å². The van der Waals surface area contributed by atoms with E-state index < -0.39 is 53.2 Å². The molecule has 1 saturated carbocycles. The second-order valence-electron chi connectivity index (χ2n) is 14.9. The molecule has 3 amide bonds. The smallest absolute Gasteiger partial charge is 0.408 e. The molecule has 0 spiro atoms. The first-order valence-corrected chi connectivity index (χ1v) is 17.0.